The van der Waals surface area contributed by atoms with Crippen molar-refractivity contribution in [3.05, 3.63) is 70.6 Å². The van der Waals surface area contributed by atoms with E-state index in [-0.39, 0.29) is 23.0 Å². The van der Waals surface area contributed by atoms with Crippen molar-refractivity contribution in [3.8, 4) is 11.3 Å². The van der Waals surface area contributed by atoms with Gasteiger partial charge >= 0.3 is 12.1 Å². The van der Waals surface area contributed by atoms with Crippen LogP contribution in [0.25, 0.3) is 11.3 Å². The summed E-state index contributed by atoms with van der Waals surface area (Å²) in [6.07, 6.45) is -4.56. The summed E-state index contributed by atoms with van der Waals surface area (Å²) in [7, 11) is 0. The molecule has 0 fully saturated rings. The van der Waals surface area contributed by atoms with Crippen LogP contribution in [-0.2, 0) is 22.1 Å². The Kier molecular flexibility index (Phi) is 6.51. The Morgan fingerprint density at radius 3 is 2.33 bits per heavy atom. The summed E-state index contributed by atoms with van der Waals surface area (Å²) in [5.41, 5.74) is 0.730. The van der Waals surface area contributed by atoms with Crippen molar-refractivity contribution in [1.82, 2.24) is 4.98 Å². The minimum Gasteiger partial charge on any atom is -0.462 e. The SMILES string of the molecule is CCOC(=O)c1sc(NC(=O)Cc2ccc(C(F)(F)F)cc2)nc1-c1ccccc1. The molecule has 0 aliphatic rings. The van der Waals surface area contributed by atoms with Gasteiger partial charge in [0.05, 0.1) is 24.3 Å². The summed E-state index contributed by atoms with van der Waals surface area (Å²) in [5, 5.41) is 2.80. The van der Waals surface area contributed by atoms with E-state index in [0.29, 0.717) is 16.8 Å². The van der Waals surface area contributed by atoms with Gasteiger partial charge in [-0.25, -0.2) is 9.78 Å². The maximum Gasteiger partial charge on any atom is 0.416 e. The molecule has 9 heteroatoms. The number of hydrogen-bond donors (Lipinski definition) is 1. The van der Waals surface area contributed by atoms with Gasteiger partial charge in [0.25, 0.3) is 0 Å². The van der Waals surface area contributed by atoms with Crippen LogP contribution in [-0.4, -0.2) is 23.5 Å². The van der Waals surface area contributed by atoms with Crippen LogP contribution in [0, 0.1) is 0 Å². The van der Waals surface area contributed by atoms with E-state index in [1.807, 2.05) is 6.07 Å². The van der Waals surface area contributed by atoms with Gasteiger partial charge in [-0.1, -0.05) is 53.8 Å². The van der Waals surface area contributed by atoms with Crippen LogP contribution < -0.4 is 5.32 Å². The largest absolute Gasteiger partial charge is 0.462 e. The zero-order valence-electron chi connectivity index (χ0n) is 15.8. The molecule has 3 rings (SSSR count). The third-order valence-electron chi connectivity index (χ3n) is 4.03. The first kappa shape index (κ1) is 21.5. The van der Waals surface area contributed by atoms with Crippen molar-refractivity contribution in [3.63, 3.8) is 0 Å². The number of hydrogen-bond acceptors (Lipinski definition) is 5. The van der Waals surface area contributed by atoms with E-state index in [1.165, 1.54) is 12.1 Å². The van der Waals surface area contributed by atoms with Crippen LogP contribution in [0.3, 0.4) is 0 Å². The van der Waals surface area contributed by atoms with E-state index >= 15 is 0 Å². The van der Waals surface area contributed by atoms with Crippen molar-refractivity contribution in [1.29, 1.82) is 0 Å². The fourth-order valence-corrected chi connectivity index (χ4v) is 3.56. The number of nitrogens with one attached hydrogen (secondary N) is 1. The molecule has 0 bridgehead atoms. The lowest BCUT2D eigenvalue weighted by atomic mass is 10.1. The van der Waals surface area contributed by atoms with Gasteiger partial charge in [-0.15, -0.1) is 0 Å². The van der Waals surface area contributed by atoms with Crippen molar-refractivity contribution < 1.29 is 27.5 Å². The highest BCUT2D eigenvalue weighted by Gasteiger charge is 2.30. The number of thiazole rings is 1. The number of amides is 1. The Balaban J connectivity index is 1.77. The minimum absolute atomic E-state index is 0.132. The Bertz CT molecular complexity index is 1030. The number of rotatable bonds is 6. The third kappa shape index (κ3) is 5.24. The van der Waals surface area contributed by atoms with Crippen LogP contribution in [0.2, 0.25) is 0 Å². The number of esters is 1. The topological polar surface area (TPSA) is 68.3 Å². The summed E-state index contributed by atoms with van der Waals surface area (Å²) in [6.45, 7) is 1.88. The Morgan fingerprint density at radius 2 is 1.73 bits per heavy atom. The smallest absolute Gasteiger partial charge is 0.416 e. The molecular weight excluding hydrogens is 417 g/mol. The third-order valence-corrected chi connectivity index (χ3v) is 4.98. The van der Waals surface area contributed by atoms with Crippen molar-refractivity contribution in [2.75, 3.05) is 11.9 Å². The molecule has 3 aromatic rings. The van der Waals surface area contributed by atoms with Crippen LogP contribution in [0.4, 0.5) is 18.3 Å². The number of carbonyl (C=O) groups is 2. The molecule has 0 aliphatic heterocycles. The van der Waals surface area contributed by atoms with Crippen molar-refractivity contribution in [2.24, 2.45) is 0 Å². The molecule has 0 unspecified atom stereocenters. The van der Waals surface area contributed by atoms with Crippen LogP contribution >= 0.6 is 11.3 Å². The number of benzene rings is 2. The molecule has 0 spiro atoms. The summed E-state index contributed by atoms with van der Waals surface area (Å²) in [6, 6.07) is 13.4. The Hall–Kier alpha value is -3.20. The van der Waals surface area contributed by atoms with Gasteiger partial charge in [-0.05, 0) is 24.6 Å². The van der Waals surface area contributed by atoms with E-state index < -0.39 is 23.6 Å². The quantitative estimate of drug-likeness (QED) is 0.543. The second-order valence-corrected chi connectivity index (χ2v) is 7.20. The molecule has 0 atom stereocenters. The lowest BCUT2D eigenvalue weighted by Gasteiger charge is -2.07. The van der Waals surface area contributed by atoms with E-state index in [4.69, 9.17) is 4.74 Å². The molecule has 0 saturated heterocycles. The monoisotopic (exact) mass is 434 g/mol. The fraction of sp³-hybridized carbons (Fsp3) is 0.190. The summed E-state index contributed by atoms with van der Waals surface area (Å²) < 4.78 is 43.0. The second kappa shape index (κ2) is 9.08. The summed E-state index contributed by atoms with van der Waals surface area (Å²) in [5.74, 6) is -1.00. The lowest BCUT2D eigenvalue weighted by Crippen LogP contribution is -2.14. The zero-order chi connectivity index (χ0) is 21.7. The average molecular weight is 434 g/mol. The van der Waals surface area contributed by atoms with Gasteiger partial charge in [0.1, 0.15) is 4.88 Å². The molecule has 2 aromatic carbocycles. The fourth-order valence-electron chi connectivity index (χ4n) is 2.66. The molecule has 0 saturated carbocycles. The van der Waals surface area contributed by atoms with Crippen LogP contribution in [0.1, 0.15) is 27.7 Å². The number of carbonyl (C=O) groups excluding carboxylic acids is 2. The lowest BCUT2D eigenvalue weighted by molar-refractivity contribution is -0.137. The van der Waals surface area contributed by atoms with Gasteiger partial charge in [0.15, 0.2) is 5.13 Å². The van der Waals surface area contributed by atoms with Crippen molar-refractivity contribution >= 4 is 28.3 Å². The Labute approximate surface area is 174 Å². The number of alkyl halides is 3. The van der Waals surface area contributed by atoms with Gasteiger partial charge in [-0.3, -0.25) is 4.79 Å². The molecular formula is C21H17F3N2O3S. The molecule has 30 heavy (non-hydrogen) atoms. The van der Waals surface area contributed by atoms with Gasteiger partial charge in [0, 0.05) is 5.56 Å². The molecule has 1 aromatic heterocycles. The highest BCUT2D eigenvalue weighted by atomic mass is 32.1. The van der Waals surface area contributed by atoms with E-state index in [0.717, 1.165) is 23.5 Å². The van der Waals surface area contributed by atoms with E-state index in [9.17, 15) is 22.8 Å². The van der Waals surface area contributed by atoms with E-state index in [2.05, 4.69) is 10.3 Å². The number of halogens is 3. The molecule has 1 heterocycles. The van der Waals surface area contributed by atoms with Gasteiger partial charge < -0.3 is 10.1 Å². The molecule has 1 N–H and O–H groups in total. The molecule has 5 nitrogen and oxygen atoms in total. The second-order valence-electron chi connectivity index (χ2n) is 6.20. The standard InChI is InChI=1S/C21H17F3N2O3S/c1-2-29-19(28)18-17(14-6-4-3-5-7-14)26-20(30-18)25-16(27)12-13-8-10-15(11-9-13)21(22,23)24/h3-11H,2,12H2,1H3,(H,25,26,27). The maximum absolute atomic E-state index is 12.6. The Morgan fingerprint density at radius 1 is 1.07 bits per heavy atom. The first-order chi connectivity index (χ1) is 14.3. The van der Waals surface area contributed by atoms with Gasteiger partial charge in [0.2, 0.25) is 5.91 Å². The van der Waals surface area contributed by atoms with E-state index in [1.54, 1.807) is 31.2 Å². The predicted molar refractivity (Wildman–Crippen MR) is 107 cm³/mol. The minimum atomic E-state index is -4.43. The molecule has 1 amide bonds. The molecule has 156 valence electrons. The zero-order valence-corrected chi connectivity index (χ0v) is 16.6. The predicted octanol–water partition coefficient (Wildman–Crippen LogP) is 5.19. The average Bonchev–Trinajstić information content (AvgIpc) is 3.12. The first-order valence-electron chi connectivity index (χ1n) is 8.97. The first-order valence-corrected chi connectivity index (χ1v) is 9.79. The summed E-state index contributed by atoms with van der Waals surface area (Å²) >= 11 is 0.981. The normalized spacial score (nSPS) is 11.2. The highest BCUT2D eigenvalue weighted by Crippen LogP contribution is 2.32. The number of nitrogens with zero attached hydrogens (tertiary/aromatic N) is 1. The van der Waals surface area contributed by atoms with Crippen molar-refractivity contribution in [2.45, 2.75) is 19.5 Å². The highest BCUT2D eigenvalue weighted by molar-refractivity contribution is 7.18. The van der Waals surface area contributed by atoms with Gasteiger partial charge in [-0.2, -0.15) is 13.2 Å². The van der Waals surface area contributed by atoms with Crippen LogP contribution in [0.5, 0.6) is 0 Å². The number of anilines is 1. The maximum atomic E-state index is 12.6. The number of aromatic nitrogens is 1. The summed E-state index contributed by atoms with van der Waals surface area (Å²) in [4.78, 5) is 29.2. The molecule has 0 aliphatic carbocycles. The number of ether oxygens (including phenoxy) is 1. The van der Waals surface area contributed by atoms with Crippen LogP contribution in [0.15, 0.2) is 54.6 Å². The molecule has 0 radical (unpaired) electrons.